The van der Waals surface area contributed by atoms with E-state index in [1.807, 2.05) is 0 Å². The number of carbonyl (C=O) groups excluding carboxylic acids is 2. The van der Waals surface area contributed by atoms with E-state index in [2.05, 4.69) is 18.7 Å². The normalized spacial score (nSPS) is 19.8. The number of nitrogens with zero attached hydrogens (tertiary/aromatic N) is 2. The fourth-order valence-corrected chi connectivity index (χ4v) is 4.63. The average Bonchev–Trinajstić information content (AvgIpc) is 3.17. The predicted molar refractivity (Wildman–Crippen MR) is 142 cm³/mol. The molecule has 0 saturated carbocycles. The number of aromatic hydroxyl groups is 1. The van der Waals surface area contributed by atoms with Gasteiger partial charge in [0.05, 0.1) is 38.0 Å². The van der Waals surface area contributed by atoms with E-state index in [9.17, 15) is 19.8 Å². The van der Waals surface area contributed by atoms with Gasteiger partial charge >= 0.3 is 0 Å². The Balaban J connectivity index is 1.71. The van der Waals surface area contributed by atoms with Gasteiger partial charge in [-0.05, 0) is 54.8 Å². The van der Waals surface area contributed by atoms with Crippen molar-refractivity contribution in [1.82, 2.24) is 9.80 Å². The van der Waals surface area contributed by atoms with Crippen LogP contribution in [0, 0.1) is 5.92 Å². The Bertz CT molecular complexity index is 1170. The van der Waals surface area contributed by atoms with Crippen LogP contribution in [0.4, 0.5) is 0 Å². The summed E-state index contributed by atoms with van der Waals surface area (Å²) < 4.78 is 16.7. The highest BCUT2D eigenvalue weighted by molar-refractivity contribution is 6.46. The van der Waals surface area contributed by atoms with E-state index < -0.39 is 17.7 Å². The third kappa shape index (κ3) is 6.11. The summed E-state index contributed by atoms with van der Waals surface area (Å²) in [5.41, 5.74) is 0.966. The first kappa shape index (κ1) is 27.5. The van der Waals surface area contributed by atoms with Crippen LogP contribution in [0.2, 0.25) is 0 Å². The van der Waals surface area contributed by atoms with E-state index in [1.54, 1.807) is 43.3 Å². The van der Waals surface area contributed by atoms with Crippen molar-refractivity contribution in [2.45, 2.75) is 26.8 Å². The molecule has 2 aliphatic rings. The highest BCUT2D eigenvalue weighted by Crippen LogP contribution is 2.41. The van der Waals surface area contributed by atoms with Gasteiger partial charge in [0.15, 0.2) is 11.5 Å². The van der Waals surface area contributed by atoms with Gasteiger partial charge in [-0.15, -0.1) is 0 Å². The summed E-state index contributed by atoms with van der Waals surface area (Å²) in [5, 5.41) is 21.6. The zero-order valence-corrected chi connectivity index (χ0v) is 22.2. The number of ketones is 1. The molecule has 4 rings (SSSR count). The molecule has 2 heterocycles. The molecule has 2 aromatic carbocycles. The second kappa shape index (κ2) is 12.3. The Morgan fingerprint density at radius 2 is 1.76 bits per heavy atom. The van der Waals surface area contributed by atoms with Crippen LogP contribution in [-0.4, -0.2) is 84.3 Å². The average molecular weight is 525 g/mol. The van der Waals surface area contributed by atoms with Gasteiger partial charge in [0.2, 0.25) is 0 Å². The summed E-state index contributed by atoms with van der Waals surface area (Å²) in [5.74, 6) is -0.466. The monoisotopic (exact) mass is 524 g/mol. The van der Waals surface area contributed by atoms with Crippen LogP contribution in [-0.2, 0) is 14.3 Å². The molecule has 1 amide bonds. The van der Waals surface area contributed by atoms with Crippen molar-refractivity contribution in [3.05, 3.63) is 59.2 Å². The maximum atomic E-state index is 13.3. The number of benzene rings is 2. The van der Waals surface area contributed by atoms with E-state index in [4.69, 9.17) is 14.2 Å². The smallest absolute Gasteiger partial charge is 0.295 e. The second-order valence-corrected chi connectivity index (χ2v) is 9.84. The van der Waals surface area contributed by atoms with Crippen LogP contribution in [0.5, 0.6) is 17.2 Å². The van der Waals surface area contributed by atoms with Crippen molar-refractivity contribution >= 4 is 17.4 Å². The molecule has 1 unspecified atom stereocenters. The van der Waals surface area contributed by atoms with Crippen LogP contribution in [0.25, 0.3) is 5.76 Å². The van der Waals surface area contributed by atoms with Crippen molar-refractivity contribution in [3.63, 3.8) is 0 Å². The minimum atomic E-state index is -0.840. The Morgan fingerprint density at radius 3 is 2.42 bits per heavy atom. The van der Waals surface area contributed by atoms with Gasteiger partial charge in [-0.2, -0.15) is 0 Å². The molecule has 0 aromatic heterocycles. The predicted octanol–water partition coefficient (Wildman–Crippen LogP) is 3.58. The summed E-state index contributed by atoms with van der Waals surface area (Å²) in [6.45, 7) is 10.4. The molecular weight excluding hydrogens is 488 g/mol. The third-order valence-electron chi connectivity index (χ3n) is 6.61. The lowest BCUT2D eigenvalue weighted by atomic mass is 9.95. The Labute approximate surface area is 223 Å². The summed E-state index contributed by atoms with van der Waals surface area (Å²) in [7, 11) is 0. The summed E-state index contributed by atoms with van der Waals surface area (Å²) >= 11 is 0. The number of amides is 1. The fraction of sp³-hybridized carbons (Fsp3) is 0.448. The molecule has 38 heavy (non-hydrogen) atoms. The van der Waals surface area contributed by atoms with Crippen LogP contribution in [0.3, 0.4) is 0 Å². The standard InChI is InChI=1S/C29H36N2O7/c1-4-37-24-17-21(7-10-23(24)32)26-25(27(33)20-5-8-22(9-6-20)38-18-19(2)3)28(34)29(35)31(26)12-11-30-13-15-36-16-14-30/h5-10,17,19,26,32-33H,4,11-16,18H2,1-3H3/b27-25+. The number of hydrogen-bond donors (Lipinski definition) is 2. The summed E-state index contributed by atoms with van der Waals surface area (Å²) in [6, 6.07) is 10.7. The van der Waals surface area contributed by atoms with Gasteiger partial charge in [-0.1, -0.05) is 19.9 Å². The van der Waals surface area contributed by atoms with E-state index in [-0.39, 0.29) is 22.8 Å². The third-order valence-corrected chi connectivity index (χ3v) is 6.61. The number of ether oxygens (including phenoxy) is 3. The SMILES string of the molecule is CCOc1cc(C2/C(=C(\O)c3ccc(OCC(C)C)cc3)C(=O)C(=O)N2CCN2CCOCC2)ccc1O. The van der Waals surface area contributed by atoms with E-state index in [0.29, 0.717) is 62.3 Å². The first-order chi connectivity index (χ1) is 18.3. The molecule has 2 aromatic rings. The molecule has 9 nitrogen and oxygen atoms in total. The highest BCUT2D eigenvalue weighted by atomic mass is 16.5. The van der Waals surface area contributed by atoms with Crippen molar-refractivity contribution < 1.29 is 34.0 Å². The molecule has 204 valence electrons. The first-order valence-corrected chi connectivity index (χ1v) is 13.1. The molecule has 2 aliphatic heterocycles. The lowest BCUT2D eigenvalue weighted by Crippen LogP contribution is -2.42. The molecule has 2 N–H and O–H groups in total. The zero-order valence-electron chi connectivity index (χ0n) is 22.2. The van der Waals surface area contributed by atoms with Crippen molar-refractivity contribution in [2.75, 3.05) is 52.6 Å². The highest BCUT2D eigenvalue weighted by Gasteiger charge is 2.46. The van der Waals surface area contributed by atoms with Gasteiger partial charge in [0.25, 0.3) is 11.7 Å². The van der Waals surface area contributed by atoms with Crippen LogP contribution in [0.1, 0.15) is 37.9 Å². The molecular formula is C29H36N2O7. The van der Waals surface area contributed by atoms with E-state index >= 15 is 0 Å². The molecule has 0 bridgehead atoms. The molecule has 0 radical (unpaired) electrons. The largest absolute Gasteiger partial charge is 0.507 e. The molecule has 9 heteroatoms. The van der Waals surface area contributed by atoms with Gasteiger partial charge in [-0.25, -0.2) is 0 Å². The van der Waals surface area contributed by atoms with Gasteiger partial charge < -0.3 is 29.3 Å². The minimum Gasteiger partial charge on any atom is -0.507 e. The lowest BCUT2D eigenvalue weighted by molar-refractivity contribution is -0.140. The summed E-state index contributed by atoms with van der Waals surface area (Å²) in [4.78, 5) is 30.3. The van der Waals surface area contributed by atoms with Crippen LogP contribution in [0.15, 0.2) is 48.0 Å². The molecule has 1 atom stereocenters. The molecule has 0 aliphatic carbocycles. The van der Waals surface area contributed by atoms with E-state index in [1.165, 1.54) is 11.0 Å². The van der Waals surface area contributed by atoms with Crippen molar-refractivity contribution in [2.24, 2.45) is 5.92 Å². The zero-order chi connectivity index (χ0) is 27.2. The Kier molecular flexibility index (Phi) is 8.91. The number of carbonyl (C=O) groups is 2. The van der Waals surface area contributed by atoms with Gasteiger partial charge in [0, 0.05) is 31.7 Å². The summed E-state index contributed by atoms with van der Waals surface area (Å²) in [6.07, 6.45) is 0. The number of Topliss-reactive ketones (excluding diaryl/α,β-unsaturated/α-hetero) is 1. The Morgan fingerprint density at radius 1 is 1.05 bits per heavy atom. The molecule has 2 saturated heterocycles. The molecule has 2 fully saturated rings. The van der Waals surface area contributed by atoms with Crippen LogP contribution < -0.4 is 9.47 Å². The van der Waals surface area contributed by atoms with Crippen molar-refractivity contribution in [1.29, 1.82) is 0 Å². The fourth-order valence-electron chi connectivity index (χ4n) is 4.63. The van der Waals surface area contributed by atoms with E-state index in [0.717, 1.165) is 13.1 Å². The number of aliphatic hydroxyl groups excluding tert-OH is 1. The Hall–Kier alpha value is -3.56. The minimum absolute atomic E-state index is 0.000893. The number of phenolic OH excluding ortho intramolecular Hbond substituents is 1. The molecule has 0 spiro atoms. The van der Waals surface area contributed by atoms with Crippen LogP contribution >= 0.6 is 0 Å². The second-order valence-electron chi connectivity index (χ2n) is 9.84. The van der Waals surface area contributed by atoms with Gasteiger partial charge in [0.1, 0.15) is 11.5 Å². The number of likely N-dealkylation sites (tertiary alicyclic amines) is 1. The lowest BCUT2D eigenvalue weighted by Gasteiger charge is -2.31. The number of morpholine rings is 1. The maximum Gasteiger partial charge on any atom is 0.295 e. The number of rotatable bonds is 10. The van der Waals surface area contributed by atoms with Crippen molar-refractivity contribution in [3.8, 4) is 17.2 Å². The maximum absolute atomic E-state index is 13.3. The quantitative estimate of drug-likeness (QED) is 0.276. The number of hydrogen-bond acceptors (Lipinski definition) is 8. The number of phenols is 1. The topological polar surface area (TPSA) is 109 Å². The number of aliphatic hydroxyl groups is 1. The first-order valence-electron chi connectivity index (χ1n) is 13.1. The van der Waals surface area contributed by atoms with Gasteiger partial charge in [-0.3, -0.25) is 14.5 Å².